The minimum atomic E-state index is -3.93. The van der Waals surface area contributed by atoms with E-state index in [0.717, 1.165) is 137 Å². The van der Waals surface area contributed by atoms with E-state index in [1.807, 2.05) is 41.3 Å². The van der Waals surface area contributed by atoms with Crippen molar-refractivity contribution in [1.29, 1.82) is 0 Å². The van der Waals surface area contributed by atoms with Crippen molar-refractivity contribution in [3.05, 3.63) is 141 Å². The third-order valence-electron chi connectivity index (χ3n) is 19.5. The Balaban J connectivity index is 0.000000179. The van der Waals surface area contributed by atoms with Crippen LogP contribution in [0.3, 0.4) is 0 Å². The number of likely N-dealkylation sites (tertiary alicyclic amines) is 1. The summed E-state index contributed by atoms with van der Waals surface area (Å²) in [4.78, 5) is 79.2. The molecular weight excluding hydrogens is 1170 g/mol. The van der Waals surface area contributed by atoms with Gasteiger partial charge in [-0.3, -0.25) is 48.0 Å². The van der Waals surface area contributed by atoms with E-state index in [2.05, 4.69) is 48.4 Å². The monoisotopic (exact) mass is 1240 g/mol. The number of anilines is 2. The van der Waals surface area contributed by atoms with Gasteiger partial charge in [0, 0.05) is 109 Å². The maximum atomic E-state index is 13.4. The Morgan fingerprint density at radius 3 is 1.61 bits per heavy atom. The Morgan fingerprint density at radius 2 is 1.11 bits per heavy atom. The molecule has 0 spiro atoms. The highest BCUT2D eigenvalue weighted by Crippen LogP contribution is 2.40. The largest absolute Gasteiger partial charge is 0.496 e. The summed E-state index contributed by atoms with van der Waals surface area (Å²) in [6.07, 6.45) is 25.0. The first-order chi connectivity index (χ1) is 43.5. The number of carbonyl (C=O) groups is 4. The summed E-state index contributed by atoms with van der Waals surface area (Å²) >= 11 is 0. The number of fused-ring (bicyclic) bond motifs is 3. The predicted molar refractivity (Wildman–Crippen MR) is 341 cm³/mol. The molecule has 5 aromatic heterocycles. The van der Waals surface area contributed by atoms with Crippen molar-refractivity contribution >= 4 is 77.8 Å². The minimum Gasteiger partial charge on any atom is -0.496 e. The zero-order valence-corrected chi connectivity index (χ0v) is 51.6. The molecule has 0 bridgehead atoms. The lowest BCUT2D eigenvalue weighted by Crippen LogP contribution is -2.39. The summed E-state index contributed by atoms with van der Waals surface area (Å²) in [5.41, 5.74) is 4.47. The SMILES string of the molecule is COc1cc2nn(C3CCC(CCS(=O)(=O)O)CC3)cc2cc1C(=O)Nc1cccn(C2CC2)c1=O.COc1cc2nn(C3CCC(CN4CCC(n5ccc6c(C7CCC(=O)NC7=O)cccc65)CC4)CC3)cc2cc1C(=O)Nc1cccn(C2CC2)c1=O. The number of amides is 4. The van der Waals surface area contributed by atoms with E-state index >= 15 is 0 Å². The minimum absolute atomic E-state index is 0.174. The van der Waals surface area contributed by atoms with Crippen LogP contribution in [0.15, 0.2) is 113 Å². The van der Waals surface area contributed by atoms with Crippen molar-refractivity contribution in [2.45, 2.75) is 145 Å². The molecule has 1 atom stereocenters. The topological polar surface area (TPSA) is 265 Å². The standard InChI is InChI=1S/C42H47N7O5.C25H30N4O6S/c1-54-38-23-36-27(22-34(38)41(52)43-35-5-3-18-48(42(35)53)28-11-12-28)25-49(45-36)30-9-7-26(8-10-30)24-46-19-15-29(16-20-46)47-21-17-32-31(4-2-6-37(32)47)33-13-14-39(50)44-40(33)51;1-35-23-14-22-17(15-29(27-22)19-6-4-16(5-7-19)10-12-36(32,33)34)13-20(23)24(30)26-21-3-2-11-28(25(21)31)18-8-9-18/h2-6,17-18,21-23,25-26,28-30,33H,7-16,19-20,24H2,1H3,(H,43,52)(H,44,50,51);2-3,11,13-16,18-19H,4-10,12H2,1H3,(H,26,30)(H,32,33,34). The zero-order chi connectivity index (χ0) is 62.4. The second-order valence-electron chi connectivity index (χ2n) is 25.5. The number of pyridine rings is 2. The molecule has 4 N–H and O–H groups in total. The summed E-state index contributed by atoms with van der Waals surface area (Å²) in [5, 5.41) is 20.5. The van der Waals surface area contributed by atoms with Gasteiger partial charge in [0.25, 0.3) is 33.1 Å². The fourth-order valence-electron chi connectivity index (χ4n) is 14.3. The van der Waals surface area contributed by atoms with Crippen LogP contribution in [-0.2, 0) is 19.7 Å². The number of rotatable bonds is 17. The second kappa shape index (κ2) is 25.5. The van der Waals surface area contributed by atoms with Crippen LogP contribution in [0.2, 0.25) is 0 Å². The summed E-state index contributed by atoms with van der Waals surface area (Å²) < 4.78 is 51.9. The second-order valence-corrected chi connectivity index (χ2v) is 27.1. The number of ether oxygens (including phenoxy) is 2. The molecule has 7 heterocycles. The maximum Gasteiger partial charge on any atom is 0.274 e. The number of nitrogens with one attached hydrogen (secondary N) is 3. The van der Waals surface area contributed by atoms with E-state index in [1.165, 1.54) is 12.6 Å². The quantitative estimate of drug-likeness (QED) is 0.0488. The van der Waals surface area contributed by atoms with Gasteiger partial charge in [0.15, 0.2) is 0 Å². The molecule has 3 aromatic carbocycles. The van der Waals surface area contributed by atoms with E-state index in [-0.39, 0.29) is 75.9 Å². The number of imide groups is 1. The molecular formula is C67H77N11O11S. The average molecular weight is 1240 g/mol. The highest BCUT2D eigenvalue weighted by atomic mass is 32.2. The predicted octanol–water partition coefficient (Wildman–Crippen LogP) is 10.1. The molecule has 4 saturated carbocycles. The summed E-state index contributed by atoms with van der Waals surface area (Å²) in [7, 11) is -0.893. The van der Waals surface area contributed by atoms with Crippen molar-refractivity contribution in [3.8, 4) is 11.5 Å². The van der Waals surface area contributed by atoms with Crippen LogP contribution in [0.4, 0.5) is 11.4 Å². The third-order valence-corrected chi connectivity index (χ3v) is 20.3. The number of hydrogen-bond donors (Lipinski definition) is 4. The Morgan fingerprint density at radius 1 is 0.600 bits per heavy atom. The lowest BCUT2D eigenvalue weighted by Gasteiger charge is -2.37. The number of nitrogens with zero attached hydrogens (tertiary/aromatic N) is 8. The molecule has 23 heteroatoms. The molecule has 14 rings (SSSR count). The molecule has 4 aliphatic carbocycles. The molecule has 6 aliphatic rings. The molecule has 8 aromatic rings. The smallest absolute Gasteiger partial charge is 0.274 e. The fraction of sp³-hybridized carbons (Fsp3) is 0.463. The molecule has 0 radical (unpaired) electrons. The molecule has 22 nitrogen and oxygen atoms in total. The third kappa shape index (κ3) is 13.1. The summed E-state index contributed by atoms with van der Waals surface area (Å²) in [6, 6.07) is 23.6. The Labute approximate surface area is 520 Å². The van der Waals surface area contributed by atoms with Gasteiger partial charge in [0.05, 0.1) is 60.1 Å². The number of benzene rings is 3. The van der Waals surface area contributed by atoms with E-state index in [1.54, 1.807) is 65.0 Å². The van der Waals surface area contributed by atoms with Crippen LogP contribution in [-0.4, -0.2) is 114 Å². The Hall–Kier alpha value is -8.41. The van der Waals surface area contributed by atoms with E-state index < -0.39 is 16.0 Å². The average Bonchev–Trinajstić information content (AvgIpc) is 1.71. The van der Waals surface area contributed by atoms with Crippen LogP contribution in [0.1, 0.15) is 172 Å². The van der Waals surface area contributed by atoms with Crippen molar-refractivity contribution < 1.29 is 41.6 Å². The normalized spacial score (nSPS) is 21.8. The van der Waals surface area contributed by atoms with Gasteiger partial charge in [-0.25, -0.2) is 0 Å². The van der Waals surface area contributed by atoms with Crippen molar-refractivity contribution in [2.24, 2.45) is 11.8 Å². The van der Waals surface area contributed by atoms with Crippen molar-refractivity contribution in [1.82, 2.24) is 43.5 Å². The lowest BCUT2D eigenvalue weighted by molar-refractivity contribution is -0.134. The van der Waals surface area contributed by atoms with Gasteiger partial charge in [0.2, 0.25) is 11.8 Å². The van der Waals surface area contributed by atoms with E-state index in [0.29, 0.717) is 65.4 Å². The molecule has 4 amide bonds. The molecule has 2 aliphatic heterocycles. The van der Waals surface area contributed by atoms with Crippen LogP contribution in [0.25, 0.3) is 32.7 Å². The molecule has 472 valence electrons. The highest BCUT2D eigenvalue weighted by Gasteiger charge is 2.33. The van der Waals surface area contributed by atoms with E-state index in [9.17, 15) is 37.2 Å². The maximum absolute atomic E-state index is 13.4. The van der Waals surface area contributed by atoms with Crippen LogP contribution < -0.4 is 36.5 Å². The molecule has 2 saturated heterocycles. The van der Waals surface area contributed by atoms with Crippen LogP contribution >= 0.6 is 0 Å². The first-order valence-electron chi connectivity index (χ1n) is 31.8. The first kappa shape index (κ1) is 60.5. The number of carbonyl (C=O) groups excluding carboxylic acids is 4. The van der Waals surface area contributed by atoms with Crippen molar-refractivity contribution in [2.75, 3.05) is 50.2 Å². The van der Waals surface area contributed by atoms with Crippen molar-refractivity contribution in [3.63, 3.8) is 0 Å². The number of aromatic nitrogens is 7. The Kier molecular flexibility index (Phi) is 17.1. The highest BCUT2D eigenvalue weighted by molar-refractivity contribution is 7.85. The van der Waals surface area contributed by atoms with Gasteiger partial charge in [-0.1, -0.05) is 12.1 Å². The van der Waals surface area contributed by atoms with Gasteiger partial charge in [-0.05, 0) is 169 Å². The summed E-state index contributed by atoms with van der Waals surface area (Å²) in [6.45, 7) is 3.26. The Bertz CT molecular complexity index is 4280. The number of methoxy groups -OCH3 is 2. The lowest BCUT2D eigenvalue weighted by atomic mass is 9.84. The molecule has 90 heavy (non-hydrogen) atoms. The number of hydrogen-bond acceptors (Lipinski definition) is 13. The van der Waals surface area contributed by atoms with Gasteiger partial charge in [-0.2, -0.15) is 18.6 Å². The fourth-order valence-corrected chi connectivity index (χ4v) is 14.9. The zero-order valence-electron chi connectivity index (χ0n) is 50.8. The van der Waals surface area contributed by atoms with Crippen LogP contribution in [0.5, 0.6) is 11.5 Å². The summed E-state index contributed by atoms with van der Waals surface area (Å²) in [5.74, 6) is 0.0782. The molecule has 6 fully saturated rings. The van der Waals surface area contributed by atoms with Gasteiger partial charge >= 0.3 is 0 Å². The number of piperidine rings is 2. The van der Waals surface area contributed by atoms with Gasteiger partial charge in [-0.15, -0.1) is 0 Å². The van der Waals surface area contributed by atoms with Gasteiger partial charge in [0.1, 0.15) is 22.9 Å². The first-order valence-corrected chi connectivity index (χ1v) is 33.4. The molecule has 1 unspecified atom stereocenters. The van der Waals surface area contributed by atoms with Gasteiger partial charge < -0.3 is 38.7 Å². The van der Waals surface area contributed by atoms with Crippen LogP contribution in [0, 0.1) is 11.8 Å². The van der Waals surface area contributed by atoms with E-state index in [4.69, 9.17) is 24.2 Å².